The van der Waals surface area contributed by atoms with Gasteiger partial charge in [0.15, 0.2) is 0 Å². The van der Waals surface area contributed by atoms with Crippen LogP contribution in [0.5, 0.6) is 0 Å². The van der Waals surface area contributed by atoms with Crippen molar-refractivity contribution in [2.75, 3.05) is 0 Å². The molecule has 0 saturated carbocycles. The molecule has 0 radical (unpaired) electrons. The molecule has 4 aromatic rings. The van der Waals surface area contributed by atoms with E-state index in [2.05, 4.69) is 91.9 Å². The number of hydrogen-bond donors (Lipinski definition) is 0. The molecule has 7 rings (SSSR count). The van der Waals surface area contributed by atoms with E-state index >= 15 is 0 Å². The van der Waals surface area contributed by atoms with Crippen molar-refractivity contribution in [1.29, 1.82) is 0 Å². The molecule has 0 aromatic heterocycles. The molecule has 0 fully saturated rings. The highest BCUT2D eigenvalue weighted by Crippen LogP contribution is 2.67. The van der Waals surface area contributed by atoms with Gasteiger partial charge in [0.1, 0.15) is 0 Å². The molecule has 0 heterocycles. The van der Waals surface area contributed by atoms with E-state index in [1.165, 1.54) is 44.5 Å². The zero-order valence-electron chi connectivity index (χ0n) is 15.9. The van der Waals surface area contributed by atoms with Gasteiger partial charge in [-0.3, -0.25) is 0 Å². The first kappa shape index (κ1) is 14.9. The largest absolute Gasteiger partial charge is 0.0731 e. The summed E-state index contributed by atoms with van der Waals surface area (Å²) in [4.78, 5) is 0. The van der Waals surface area contributed by atoms with Gasteiger partial charge in [-0.15, -0.1) is 0 Å². The monoisotopic (exact) mass is 356 g/mol. The Kier molecular flexibility index (Phi) is 2.57. The number of hydrogen-bond acceptors (Lipinski definition) is 0. The summed E-state index contributed by atoms with van der Waals surface area (Å²) in [5, 5.41) is 0. The third kappa shape index (κ3) is 1.39. The van der Waals surface area contributed by atoms with E-state index in [-0.39, 0.29) is 5.41 Å². The van der Waals surface area contributed by atoms with Crippen molar-refractivity contribution in [1.82, 2.24) is 0 Å². The van der Waals surface area contributed by atoms with Crippen molar-refractivity contribution < 1.29 is 0 Å². The Morgan fingerprint density at radius 1 is 0.571 bits per heavy atom. The van der Waals surface area contributed by atoms with Crippen LogP contribution in [0, 0.1) is 0 Å². The molecule has 0 N–H and O–H groups in total. The first-order valence-electron chi connectivity index (χ1n) is 10.3. The van der Waals surface area contributed by atoms with Crippen molar-refractivity contribution in [3.63, 3.8) is 0 Å². The summed E-state index contributed by atoms with van der Waals surface area (Å²) in [7, 11) is 0. The second-order valence-electron chi connectivity index (χ2n) is 8.34. The summed E-state index contributed by atoms with van der Waals surface area (Å²) in [6.07, 6.45) is 1.13. The fourth-order valence-corrected chi connectivity index (χ4v) is 6.51. The third-order valence-corrected chi connectivity index (χ3v) is 7.34. The van der Waals surface area contributed by atoms with Crippen LogP contribution >= 0.6 is 0 Å². The Morgan fingerprint density at radius 3 is 1.54 bits per heavy atom. The van der Waals surface area contributed by atoms with Crippen LogP contribution < -0.4 is 0 Å². The highest BCUT2D eigenvalue weighted by molar-refractivity contribution is 5.97. The maximum absolute atomic E-state index is 2.39. The predicted molar refractivity (Wildman–Crippen MR) is 115 cm³/mol. The third-order valence-electron chi connectivity index (χ3n) is 7.34. The molecule has 132 valence electrons. The fourth-order valence-electron chi connectivity index (χ4n) is 6.51. The molecule has 3 aliphatic rings. The molecule has 0 nitrogen and oxygen atoms in total. The maximum Gasteiger partial charge on any atom is 0.0731 e. The standard InChI is InChI=1S/C28H20/c1-2-17-20-11-7-13-22-18-9-3-5-15-24(18)28(26(20)22)25-16-6-4-10-19(25)23-14-8-12-21(17)27(23)28/h3-17H,2H2,1H3. The predicted octanol–water partition coefficient (Wildman–Crippen LogP) is 6.89. The van der Waals surface area contributed by atoms with Crippen molar-refractivity contribution in [2.24, 2.45) is 0 Å². The van der Waals surface area contributed by atoms with Crippen molar-refractivity contribution in [3.05, 3.63) is 118 Å². The summed E-state index contributed by atoms with van der Waals surface area (Å²) in [6.45, 7) is 2.33. The topological polar surface area (TPSA) is 0 Å². The summed E-state index contributed by atoms with van der Waals surface area (Å²) < 4.78 is 0. The molecule has 3 aliphatic carbocycles. The quantitative estimate of drug-likeness (QED) is 0.301. The van der Waals surface area contributed by atoms with Crippen LogP contribution in [0.25, 0.3) is 22.3 Å². The van der Waals surface area contributed by atoms with E-state index < -0.39 is 0 Å². The molecule has 0 amide bonds. The van der Waals surface area contributed by atoms with Crippen LogP contribution in [0.2, 0.25) is 0 Å². The lowest BCUT2D eigenvalue weighted by Crippen LogP contribution is -2.33. The van der Waals surface area contributed by atoms with E-state index in [4.69, 9.17) is 0 Å². The highest BCUT2D eigenvalue weighted by Gasteiger charge is 2.56. The van der Waals surface area contributed by atoms with E-state index in [1.807, 2.05) is 0 Å². The zero-order valence-corrected chi connectivity index (χ0v) is 15.9. The van der Waals surface area contributed by atoms with Gasteiger partial charge in [0.05, 0.1) is 5.41 Å². The van der Waals surface area contributed by atoms with Crippen LogP contribution in [0.15, 0.2) is 84.9 Å². The molecule has 0 atom stereocenters. The van der Waals surface area contributed by atoms with Gasteiger partial charge in [0, 0.05) is 5.92 Å². The van der Waals surface area contributed by atoms with Crippen LogP contribution in [-0.4, -0.2) is 0 Å². The number of fused-ring (bicyclic) bond motifs is 4. The minimum Gasteiger partial charge on any atom is -0.0645 e. The summed E-state index contributed by atoms with van der Waals surface area (Å²) in [5.41, 5.74) is 14.6. The second-order valence-corrected chi connectivity index (χ2v) is 8.34. The van der Waals surface area contributed by atoms with Gasteiger partial charge in [-0.1, -0.05) is 91.9 Å². The lowest BCUT2D eigenvalue weighted by atomic mass is 9.61. The van der Waals surface area contributed by atoms with E-state index in [1.54, 1.807) is 11.1 Å². The summed E-state index contributed by atoms with van der Waals surface area (Å²) >= 11 is 0. The van der Waals surface area contributed by atoms with Crippen LogP contribution in [0.1, 0.15) is 52.6 Å². The van der Waals surface area contributed by atoms with Gasteiger partial charge in [-0.05, 0) is 62.1 Å². The van der Waals surface area contributed by atoms with Crippen molar-refractivity contribution in [3.8, 4) is 22.3 Å². The van der Waals surface area contributed by atoms with Gasteiger partial charge < -0.3 is 0 Å². The summed E-state index contributed by atoms with van der Waals surface area (Å²) in [5.74, 6) is 0.474. The maximum atomic E-state index is 2.39. The summed E-state index contributed by atoms with van der Waals surface area (Å²) in [6, 6.07) is 32.2. The first-order valence-corrected chi connectivity index (χ1v) is 10.3. The lowest BCUT2D eigenvalue weighted by Gasteiger charge is -2.40. The van der Waals surface area contributed by atoms with E-state index in [0.717, 1.165) is 6.42 Å². The average molecular weight is 356 g/mol. The molecule has 0 aliphatic heterocycles. The Morgan fingerprint density at radius 2 is 1.04 bits per heavy atom. The van der Waals surface area contributed by atoms with Crippen LogP contribution in [0.3, 0.4) is 0 Å². The number of rotatable bonds is 1. The van der Waals surface area contributed by atoms with Gasteiger partial charge in [-0.25, -0.2) is 0 Å². The van der Waals surface area contributed by atoms with Gasteiger partial charge in [-0.2, -0.15) is 0 Å². The molecule has 0 unspecified atom stereocenters. The Balaban J connectivity index is 1.80. The van der Waals surface area contributed by atoms with Gasteiger partial charge in [0.25, 0.3) is 0 Å². The molecular weight excluding hydrogens is 336 g/mol. The SMILES string of the molecule is CCC1c2cccc3c2C2(c4ccccc4-3)c3ccccc3-c3cccc1c32. The van der Waals surface area contributed by atoms with Crippen molar-refractivity contribution in [2.45, 2.75) is 24.7 Å². The normalized spacial score (nSPS) is 16.3. The lowest BCUT2D eigenvalue weighted by molar-refractivity contribution is 0.664. The smallest absolute Gasteiger partial charge is 0.0645 e. The molecule has 28 heavy (non-hydrogen) atoms. The Hall–Kier alpha value is -3.12. The minimum atomic E-state index is -0.142. The molecule has 1 spiro atoms. The van der Waals surface area contributed by atoms with Crippen LogP contribution in [0.4, 0.5) is 0 Å². The number of benzene rings is 4. The van der Waals surface area contributed by atoms with Crippen LogP contribution in [-0.2, 0) is 5.41 Å². The fraction of sp³-hybridized carbons (Fsp3) is 0.143. The molecule has 0 heteroatoms. The highest BCUT2D eigenvalue weighted by atomic mass is 14.6. The molecule has 0 bridgehead atoms. The first-order chi connectivity index (χ1) is 13.9. The van der Waals surface area contributed by atoms with Gasteiger partial charge >= 0.3 is 0 Å². The molecule has 4 aromatic carbocycles. The molecule has 0 saturated heterocycles. The van der Waals surface area contributed by atoms with Gasteiger partial charge in [0.2, 0.25) is 0 Å². The Labute approximate surface area is 165 Å². The zero-order chi connectivity index (χ0) is 18.5. The van der Waals surface area contributed by atoms with Crippen molar-refractivity contribution >= 4 is 0 Å². The molecular formula is C28H20. The Bertz CT molecular complexity index is 1210. The van der Waals surface area contributed by atoms with E-state index in [9.17, 15) is 0 Å². The van der Waals surface area contributed by atoms with E-state index in [0.29, 0.717) is 5.92 Å². The average Bonchev–Trinajstić information content (AvgIpc) is 3.23. The second kappa shape index (κ2) is 4.83. The minimum absolute atomic E-state index is 0.142.